The van der Waals surface area contributed by atoms with Crippen LogP contribution in [-0.2, 0) is 17.6 Å². The highest BCUT2D eigenvalue weighted by atomic mass is 16.5. The van der Waals surface area contributed by atoms with Crippen LogP contribution in [0.4, 0.5) is 0 Å². The lowest BCUT2D eigenvalue weighted by Gasteiger charge is -2.35. The number of nitrogens with one attached hydrogen (secondary N) is 2. The van der Waals surface area contributed by atoms with Crippen molar-refractivity contribution in [3.63, 3.8) is 0 Å². The van der Waals surface area contributed by atoms with Gasteiger partial charge in [0.2, 0.25) is 0 Å². The Morgan fingerprint density at radius 2 is 1.86 bits per heavy atom. The molecule has 2 aliphatic rings. The van der Waals surface area contributed by atoms with Crippen LogP contribution in [0.5, 0.6) is 11.5 Å². The second-order valence-corrected chi connectivity index (χ2v) is 9.36. The molecule has 1 saturated heterocycles. The fourth-order valence-corrected chi connectivity index (χ4v) is 5.49. The Hall–Kier alpha value is -3.03. The standard InChI is InChI=1S/C28H35N3O4/c1-33-25-12-11-19(17-26(25)34-2)24(31-13-15-35-16-14-31)18-29-28(32)22-9-6-8-21-20-7-4-3-5-10-23(20)30-27(21)22/h6,8-9,11-12,17,24,30H,3-5,7,10,13-16,18H2,1-2H3,(H,29,32)/t24-/m0/s1. The van der Waals surface area contributed by atoms with Gasteiger partial charge in [-0.1, -0.05) is 24.6 Å². The maximum Gasteiger partial charge on any atom is 0.253 e. The van der Waals surface area contributed by atoms with Crippen LogP contribution in [0, 0.1) is 0 Å². The van der Waals surface area contributed by atoms with Gasteiger partial charge < -0.3 is 24.5 Å². The van der Waals surface area contributed by atoms with E-state index >= 15 is 0 Å². The Morgan fingerprint density at radius 3 is 2.66 bits per heavy atom. The smallest absolute Gasteiger partial charge is 0.253 e. The van der Waals surface area contributed by atoms with Crippen molar-refractivity contribution in [2.75, 3.05) is 47.1 Å². The number of rotatable bonds is 7. The number of hydrogen-bond acceptors (Lipinski definition) is 5. The Kier molecular flexibility index (Phi) is 7.25. The van der Waals surface area contributed by atoms with E-state index in [0.717, 1.165) is 37.0 Å². The Balaban J connectivity index is 1.40. The maximum atomic E-state index is 13.5. The van der Waals surface area contributed by atoms with Gasteiger partial charge in [-0.3, -0.25) is 9.69 Å². The van der Waals surface area contributed by atoms with E-state index in [-0.39, 0.29) is 11.9 Å². The molecule has 0 unspecified atom stereocenters. The Labute approximate surface area is 206 Å². The normalized spacial score (nSPS) is 17.4. The lowest BCUT2D eigenvalue weighted by Crippen LogP contribution is -2.43. The second-order valence-electron chi connectivity index (χ2n) is 9.36. The molecule has 0 bridgehead atoms. The van der Waals surface area contributed by atoms with Crippen molar-refractivity contribution < 1.29 is 19.0 Å². The van der Waals surface area contributed by atoms with Crippen molar-refractivity contribution in [1.82, 2.24) is 15.2 Å². The van der Waals surface area contributed by atoms with E-state index in [9.17, 15) is 4.79 Å². The summed E-state index contributed by atoms with van der Waals surface area (Å²) in [6, 6.07) is 12.1. The molecule has 2 aromatic carbocycles. The number of morpholine rings is 1. The van der Waals surface area contributed by atoms with Crippen LogP contribution >= 0.6 is 0 Å². The molecule has 5 rings (SSSR count). The number of methoxy groups -OCH3 is 2. The quantitative estimate of drug-likeness (QED) is 0.498. The van der Waals surface area contributed by atoms with Crippen LogP contribution < -0.4 is 14.8 Å². The topological polar surface area (TPSA) is 75.8 Å². The number of fused-ring (bicyclic) bond motifs is 3. The predicted octanol–water partition coefficient (Wildman–Crippen LogP) is 4.26. The molecule has 2 N–H and O–H groups in total. The molecule has 1 atom stereocenters. The number of ether oxygens (including phenoxy) is 3. The molecule has 2 heterocycles. The summed E-state index contributed by atoms with van der Waals surface area (Å²) in [5.74, 6) is 1.33. The third kappa shape index (κ3) is 4.88. The molecule has 0 spiro atoms. The minimum atomic E-state index is -0.0502. The summed E-state index contributed by atoms with van der Waals surface area (Å²) >= 11 is 0. The Bertz CT molecular complexity index is 1180. The van der Waals surface area contributed by atoms with Gasteiger partial charge in [0.25, 0.3) is 5.91 Å². The van der Waals surface area contributed by atoms with Crippen molar-refractivity contribution in [2.24, 2.45) is 0 Å². The number of carbonyl (C=O) groups is 1. The number of carbonyl (C=O) groups excluding carboxylic acids is 1. The highest BCUT2D eigenvalue weighted by Crippen LogP contribution is 2.33. The number of H-pyrrole nitrogens is 1. The van der Waals surface area contributed by atoms with E-state index < -0.39 is 0 Å². The molecule has 1 aliphatic carbocycles. The van der Waals surface area contributed by atoms with Crippen LogP contribution in [0.25, 0.3) is 10.9 Å². The van der Waals surface area contributed by atoms with Gasteiger partial charge in [0, 0.05) is 30.7 Å². The summed E-state index contributed by atoms with van der Waals surface area (Å²) in [5.41, 5.74) is 5.45. The first-order valence-corrected chi connectivity index (χ1v) is 12.6. The van der Waals surface area contributed by atoms with Crippen molar-refractivity contribution in [3.8, 4) is 11.5 Å². The number of para-hydroxylation sites is 1. The second kappa shape index (κ2) is 10.7. The molecule has 1 aromatic heterocycles. The first-order valence-electron chi connectivity index (χ1n) is 12.6. The van der Waals surface area contributed by atoms with Crippen LogP contribution in [0.1, 0.15) is 52.5 Å². The maximum absolute atomic E-state index is 13.5. The van der Waals surface area contributed by atoms with Crippen molar-refractivity contribution >= 4 is 16.8 Å². The average Bonchev–Trinajstić information content (AvgIpc) is 3.09. The summed E-state index contributed by atoms with van der Waals surface area (Å²) in [5, 5.41) is 4.43. The van der Waals surface area contributed by atoms with Gasteiger partial charge in [-0.2, -0.15) is 0 Å². The first-order chi connectivity index (χ1) is 17.2. The molecule has 0 saturated carbocycles. The van der Waals surface area contributed by atoms with Crippen LogP contribution in [-0.4, -0.2) is 62.9 Å². The summed E-state index contributed by atoms with van der Waals surface area (Å²) in [6.45, 7) is 3.49. The van der Waals surface area contributed by atoms with Gasteiger partial charge in [0.05, 0.1) is 44.6 Å². The third-order valence-corrected chi connectivity index (χ3v) is 7.36. The molecular weight excluding hydrogens is 442 g/mol. The molecule has 3 aromatic rings. The zero-order chi connectivity index (χ0) is 24.2. The number of aromatic amines is 1. The van der Waals surface area contributed by atoms with Crippen LogP contribution in [0.2, 0.25) is 0 Å². The number of benzene rings is 2. The van der Waals surface area contributed by atoms with Crippen molar-refractivity contribution in [2.45, 2.75) is 38.1 Å². The monoisotopic (exact) mass is 477 g/mol. The van der Waals surface area contributed by atoms with Gasteiger partial charge in [-0.25, -0.2) is 0 Å². The highest BCUT2D eigenvalue weighted by Gasteiger charge is 2.25. The van der Waals surface area contributed by atoms with Crippen molar-refractivity contribution in [1.29, 1.82) is 0 Å². The van der Waals surface area contributed by atoms with E-state index in [0.29, 0.717) is 36.8 Å². The summed E-state index contributed by atoms with van der Waals surface area (Å²) < 4.78 is 16.6. The molecule has 35 heavy (non-hydrogen) atoms. The molecular formula is C28H35N3O4. The van der Waals surface area contributed by atoms with Gasteiger partial charge in [0.1, 0.15) is 0 Å². The molecule has 1 fully saturated rings. The van der Waals surface area contributed by atoms with E-state index in [1.165, 1.54) is 35.9 Å². The van der Waals surface area contributed by atoms with E-state index in [4.69, 9.17) is 14.2 Å². The van der Waals surface area contributed by atoms with Gasteiger partial charge in [-0.05, 0) is 55.0 Å². The molecule has 0 radical (unpaired) electrons. The number of aryl methyl sites for hydroxylation is 2. The minimum absolute atomic E-state index is 0.00205. The van der Waals surface area contributed by atoms with Crippen molar-refractivity contribution in [3.05, 3.63) is 58.8 Å². The first kappa shape index (κ1) is 23.7. The predicted molar refractivity (Wildman–Crippen MR) is 137 cm³/mol. The SMILES string of the molecule is COc1ccc([C@H](CNC(=O)c2cccc3c4c([nH]c23)CCCCC4)N2CCOCC2)cc1OC. The number of nitrogens with zero attached hydrogens (tertiary/aromatic N) is 1. The third-order valence-electron chi connectivity index (χ3n) is 7.36. The summed E-state index contributed by atoms with van der Waals surface area (Å²) in [6.07, 6.45) is 5.82. The molecule has 1 amide bonds. The molecule has 7 heteroatoms. The summed E-state index contributed by atoms with van der Waals surface area (Å²) in [4.78, 5) is 19.4. The van der Waals surface area contributed by atoms with Gasteiger partial charge in [-0.15, -0.1) is 0 Å². The number of aromatic nitrogens is 1. The van der Waals surface area contributed by atoms with Gasteiger partial charge in [0.15, 0.2) is 11.5 Å². The molecule has 1 aliphatic heterocycles. The lowest BCUT2D eigenvalue weighted by molar-refractivity contribution is 0.0162. The fourth-order valence-electron chi connectivity index (χ4n) is 5.49. The van der Waals surface area contributed by atoms with E-state index in [1.54, 1.807) is 14.2 Å². The summed E-state index contributed by atoms with van der Waals surface area (Å²) in [7, 11) is 3.28. The Morgan fingerprint density at radius 1 is 1.06 bits per heavy atom. The lowest BCUT2D eigenvalue weighted by atomic mass is 10.0. The highest BCUT2D eigenvalue weighted by molar-refractivity contribution is 6.06. The largest absolute Gasteiger partial charge is 0.493 e. The average molecular weight is 478 g/mol. The fraction of sp³-hybridized carbons (Fsp3) is 0.464. The molecule has 7 nitrogen and oxygen atoms in total. The van der Waals surface area contributed by atoms with E-state index in [2.05, 4.69) is 27.3 Å². The zero-order valence-electron chi connectivity index (χ0n) is 20.7. The zero-order valence-corrected chi connectivity index (χ0v) is 20.7. The van der Waals surface area contributed by atoms with E-state index in [1.807, 2.05) is 24.3 Å². The van der Waals surface area contributed by atoms with Crippen LogP contribution in [0.15, 0.2) is 36.4 Å². The van der Waals surface area contributed by atoms with Crippen LogP contribution in [0.3, 0.4) is 0 Å². The number of hydrogen-bond donors (Lipinski definition) is 2. The molecule has 186 valence electrons. The number of amides is 1. The minimum Gasteiger partial charge on any atom is -0.493 e. The van der Waals surface area contributed by atoms with Gasteiger partial charge >= 0.3 is 0 Å².